The highest BCUT2D eigenvalue weighted by Crippen LogP contribution is 2.30. The fourth-order valence-electron chi connectivity index (χ4n) is 3.19. The lowest BCUT2D eigenvalue weighted by Crippen LogP contribution is -2.54. The molecule has 25 heavy (non-hydrogen) atoms. The molecule has 130 valence electrons. The van der Waals surface area contributed by atoms with E-state index in [1.165, 1.54) is 6.07 Å². The molecule has 1 saturated heterocycles. The summed E-state index contributed by atoms with van der Waals surface area (Å²) in [6.07, 6.45) is 0.388. The summed E-state index contributed by atoms with van der Waals surface area (Å²) in [6, 6.07) is 3.80. The van der Waals surface area contributed by atoms with Gasteiger partial charge < -0.3 is 5.73 Å². The summed E-state index contributed by atoms with van der Waals surface area (Å²) in [5.74, 6) is -3.23. The molecule has 0 aliphatic carbocycles. The van der Waals surface area contributed by atoms with Gasteiger partial charge >= 0.3 is 0 Å². The number of amides is 5. The van der Waals surface area contributed by atoms with E-state index in [4.69, 9.17) is 5.73 Å². The second-order valence-electron chi connectivity index (χ2n) is 6.29. The number of rotatable bonds is 4. The Labute approximate surface area is 143 Å². The van der Waals surface area contributed by atoms with Gasteiger partial charge in [-0.25, -0.2) is 0 Å². The minimum atomic E-state index is -1.01. The normalized spacial score (nSPS) is 21.2. The van der Waals surface area contributed by atoms with Gasteiger partial charge in [0, 0.05) is 12.3 Å². The van der Waals surface area contributed by atoms with Gasteiger partial charge in [-0.3, -0.25) is 34.2 Å². The van der Waals surface area contributed by atoms with E-state index in [0.717, 1.165) is 4.90 Å². The second kappa shape index (κ2) is 6.12. The summed E-state index contributed by atoms with van der Waals surface area (Å²) in [7, 11) is 0. The van der Waals surface area contributed by atoms with Crippen molar-refractivity contribution >= 4 is 29.5 Å². The second-order valence-corrected chi connectivity index (χ2v) is 6.29. The lowest BCUT2D eigenvalue weighted by molar-refractivity contribution is -0.136. The van der Waals surface area contributed by atoms with Crippen molar-refractivity contribution in [1.29, 1.82) is 0 Å². The molecule has 3 rings (SSSR count). The minimum absolute atomic E-state index is 0.0649. The summed E-state index contributed by atoms with van der Waals surface area (Å²) in [5, 5.41) is 2.15. The van der Waals surface area contributed by atoms with Gasteiger partial charge in [-0.05, 0) is 24.5 Å². The van der Waals surface area contributed by atoms with Gasteiger partial charge in [0.05, 0.1) is 11.1 Å². The van der Waals surface area contributed by atoms with E-state index in [2.05, 4.69) is 5.32 Å². The molecule has 8 heteroatoms. The van der Waals surface area contributed by atoms with E-state index in [1.807, 2.05) is 0 Å². The minimum Gasteiger partial charge on any atom is -0.369 e. The first-order valence-electron chi connectivity index (χ1n) is 7.94. The van der Waals surface area contributed by atoms with E-state index in [-0.39, 0.29) is 30.4 Å². The van der Waals surface area contributed by atoms with Crippen molar-refractivity contribution in [3.63, 3.8) is 0 Å². The van der Waals surface area contributed by atoms with Crippen LogP contribution in [-0.2, 0) is 20.8 Å². The summed E-state index contributed by atoms with van der Waals surface area (Å²) >= 11 is 0. The molecule has 1 aromatic rings. The number of nitrogens with one attached hydrogen (secondary N) is 1. The van der Waals surface area contributed by atoms with E-state index in [0.29, 0.717) is 5.56 Å². The van der Waals surface area contributed by atoms with Gasteiger partial charge in [0.15, 0.2) is 0 Å². The van der Waals surface area contributed by atoms with Gasteiger partial charge in [0.2, 0.25) is 17.7 Å². The molecule has 1 fully saturated rings. The van der Waals surface area contributed by atoms with Gasteiger partial charge in [0.1, 0.15) is 6.04 Å². The zero-order valence-corrected chi connectivity index (χ0v) is 13.6. The number of fused-ring (bicyclic) bond motifs is 1. The number of benzene rings is 1. The molecule has 1 aromatic carbocycles. The van der Waals surface area contributed by atoms with Gasteiger partial charge in [-0.2, -0.15) is 0 Å². The molecule has 2 unspecified atom stereocenters. The zero-order chi connectivity index (χ0) is 18.3. The first-order valence-corrected chi connectivity index (χ1v) is 7.94. The Hall–Kier alpha value is -3.03. The van der Waals surface area contributed by atoms with Gasteiger partial charge in [0.25, 0.3) is 11.8 Å². The summed E-state index contributed by atoms with van der Waals surface area (Å²) in [4.78, 5) is 61.0. The molecule has 2 aliphatic rings. The fraction of sp³-hybridized carbons (Fsp3) is 0.353. The number of hydrogen-bond donors (Lipinski definition) is 2. The molecule has 2 aliphatic heterocycles. The van der Waals surface area contributed by atoms with Crippen LogP contribution in [0.5, 0.6) is 0 Å². The van der Waals surface area contributed by atoms with Crippen LogP contribution in [0.25, 0.3) is 0 Å². The third-order valence-corrected chi connectivity index (χ3v) is 4.57. The zero-order valence-electron chi connectivity index (χ0n) is 13.6. The van der Waals surface area contributed by atoms with Crippen LogP contribution in [0.15, 0.2) is 18.2 Å². The molecule has 5 amide bonds. The third kappa shape index (κ3) is 2.79. The van der Waals surface area contributed by atoms with Crippen LogP contribution in [0.3, 0.4) is 0 Å². The number of nitrogens with zero attached hydrogens (tertiary/aromatic N) is 1. The molecule has 8 nitrogen and oxygen atoms in total. The Morgan fingerprint density at radius 3 is 2.64 bits per heavy atom. The van der Waals surface area contributed by atoms with Crippen molar-refractivity contribution in [2.24, 2.45) is 11.7 Å². The maximum Gasteiger partial charge on any atom is 0.262 e. The van der Waals surface area contributed by atoms with Crippen LogP contribution >= 0.6 is 0 Å². The van der Waals surface area contributed by atoms with Crippen molar-refractivity contribution in [3.8, 4) is 0 Å². The number of piperidine rings is 1. The van der Waals surface area contributed by atoms with Crippen molar-refractivity contribution in [2.75, 3.05) is 0 Å². The molecule has 0 radical (unpaired) electrons. The number of nitrogens with two attached hydrogens (primary N) is 1. The van der Waals surface area contributed by atoms with Crippen LogP contribution < -0.4 is 11.1 Å². The topological polar surface area (TPSA) is 127 Å². The Balaban J connectivity index is 1.95. The summed E-state index contributed by atoms with van der Waals surface area (Å²) in [6.45, 7) is 1.64. The van der Waals surface area contributed by atoms with Crippen molar-refractivity contribution < 1.29 is 24.0 Å². The molecular formula is C17H17N3O5. The van der Waals surface area contributed by atoms with Crippen LogP contribution in [0, 0.1) is 5.92 Å². The summed E-state index contributed by atoms with van der Waals surface area (Å²) < 4.78 is 0. The molecule has 0 saturated carbocycles. The van der Waals surface area contributed by atoms with Crippen molar-refractivity contribution in [1.82, 2.24) is 10.2 Å². The van der Waals surface area contributed by atoms with Gasteiger partial charge in [-0.15, -0.1) is 0 Å². The summed E-state index contributed by atoms with van der Waals surface area (Å²) in [5.41, 5.74) is 6.22. The van der Waals surface area contributed by atoms with E-state index in [1.54, 1.807) is 19.1 Å². The first-order chi connectivity index (χ1) is 11.8. The van der Waals surface area contributed by atoms with Crippen LogP contribution in [0.1, 0.15) is 46.0 Å². The number of carbonyl (C=O) groups is 5. The van der Waals surface area contributed by atoms with E-state index in [9.17, 15) is 24.0 Å². The highest BCUT2D eigenvalue weighted by atomic mass is 16.2. The molecule has 0 spiro atoms. The average molecular weight is 343 g/mol. The Bertz CT molecular complexity index is 817. The molecule has 2 heterocycles. The standard InChI is InChI=1S/C17H17N3O5/c1-8(14(18)22)7-9-3-2-4-10-13(9)17(25)20(16(10)24)11-5-6-12(21)19-15(11)23/h2-4,8,11H,5-7H2,1H3,(H2,18,22)(H,19,21,23). The highest BCUT2D eigenvalue weighted by molar-refractivity contribution is 6.24. The fourth-order valence-corrected chi connectivity index (χ4v) is 3.19. The smallest absolute Gasteiger partial charge is 0.262 e. The molecule has 2 atom stereocenters. The number of imide groups is 2. The molecule has 0 bridgehead atoms. The number of carbonyl (C=O) groups excluding carboxylic acids is 5. The highest BCUT2D eigenvalue weighted by Gasteiger charge is 2.45. The van der Waals surface area contributed by atoms with Crippen molar-refractivity contribution in [3.05, 3.63) is 34.9 Å². The largest absolute Gasteiger partial charge is 0.369 e. The van der Waals surface area contributed by atoms with Crippen LogP contribution in [0.4, 0.5) is 0 Å². The van der Waals surface area contributed by atoms with Gasteiger partial charge in [-0.1, -0.05) is 19.1 Å². The van der Waals surface area contributed by atoms with Crippen LogP contribution in [-0.4, -0.2) is 40.5 Å². The molecule has 0 aromatic heterocycles. The van der Waals surface area contributed by atoms with Crippen LogP contribution in [0.2, 0.25) is 0 Å². The Kier molecular flexibility index (Phi) is 4.12. The average Bonchev–Trinajstić information content (AvgIpc) is 2.80. The SMILES string of the molecule is CC(Cc1cccc2c1C(=O)N(C1CCC(=O)NC1=O)C2=O)C(N)=O. The Morgan fingerprint density at radius 2 is 2.00 bits per heavy atom. The quantitative estimate of drug-likeness (QED) is 0.729. The first kappa shape index (κ1) is 16.8. The Morgan fingerprint density at radius 1 is 1.28 bits per heavy atom. The molecular weight excluding hydrogens is 326 g/mol. The third-order valence-electron chi connectivity index (χ3n) is 4.57. The predicted octanol–water partition coefficient (Wildman–Crippen LogP) is -0.248. The van der Waals surface area contributed by atoms with E-state index < -0.39 is 41.5 Å². The van der Waals surface area contributed by atoms with E-state index >= 15 is 0 Å². The maximum absolute atomic E-state index is 12.8. The number of primary amides is 1. The maximum atomic E-state index is 12.8. The number of hydrogen-bond acceptors (Lipinski definition) is 5. The monoisotopic (exact) mass is 343 g/mol. The lowest BCUT2D eigenvalue weighted by atomic mass is 9.94. The predicted molar refractivity (Wildman–Crippen MR) is 85.2 cm³/mol. The lowest BCUT2D eigenvalue weighted by Gasteiger charge is -2.27. The van der Waals surface area contributed by atoms with Crippen molar-refractivity contribution in [2.45, 2.75) is 32.2 Å². The molecule has 3 N–H and O–H groups in total.